The molecule has 1 heterocycles. The molecule has 0 saturated heterocycles. The lowest BCUT2D eigenvalue weighted by Gasteiger charge is -2.22. The highest BCUT2D eigenvalue weighted by atomic mass is 16.5. The van der Waals surface area contributed by atoms with E-state index >= 15 is 0 Å². The summed E-state index contributed by atoms with van der Waals surface area (Å²) in [7, 11) is 0. The van der Waals surface area contributed by atoms with E-state index in [-0.39, 0.29) is 5.69 Å². The fourth-order valence-electron chi connectivity index (χ4n) is 1.58. The predicted octanol–water partition coefficient (Wildman–Crippen LogP) is 1.01. The van der Waals surface area contributed by atoms with Crippen molar-refractivity contribution in [1.82, 2.24) is 10.5 Å². The molecule has 3 N–H and O–H groups in total. The quantitative estimate of drug-likeness (QED) is 0.660. The van der Waals surface area contributed by atoms with Gasteiger partial charge in [-0.05, 0) is 13.3 Å². The first kappa shape index (κ1) is 13.7. The van der Waals surface area contributed by atoms with Gasteiger partial charge in [-0.1, -0.05) is 18.5 Å². The molecule has 0 amide bonds. The van der Waals surface area contributed by atoms with Gasteiger partial charge in [0, 0.05) is 12.6 Å². The van der Waals surface area contributed by atoms with Gasteiger partial charge in [-0.3, -0.25) is 0 Å². The number of carboxylic acid groups (broad SMARTS) is 1. The van der Waals surface area contributed by atoms with E-state index in [1.54, 1.807) is 6.92 Å². The standard InChI is InChI=1S/C11H18N2O4/c1-3-4-11(2,16)7-12-6-8-5-9(10(14)15)13-17-8/h5,12,16H,3-4,6-7H2,1-2H3,(H,14,15). The molecule has 17 heavy (non-hydrogen) atoms. The molecule has 0 aliphatic heterocycles. The van der Waals surface area contributed by atoms with Crippen LogP contribution in [0.1, 0.15) is 42.9 Å². The van der Waals surface area contributed by atoms with Gasteiger partial charge in [0.1, 0.15) is 0 Å². The van der Waals surface area contributed by atoms with E-state index in [4.69, 9.17) is 9.63 Å². The number of aliphatic hydroxyl groups is 1. The maximum absolute atomic E-state index is 10.5. The van der Waals surface area contributed by atoms with Gasteiger partial charge in [0.2, 0.25) is 0 Å². The summed E-state index contributed by atoms with van der Waals surface area (Å²) in [5.74, 6) is -0.673. The maximum Gasteiger partial charge on any atom is 0.358 e. The Hall–Kier alpha value is -1.40. The molecule has 0 spiro atoms. The summed E-state index contributed by atoms with van der Waals surface area (Å²) in [6, 6.07) is 1.36. The monoisotopic (exact) mass is 242 g/mol. The van der Waals surface area contributed by atoms with Gasteiger partial charge < -0.3 is 20.1 Å². The van der Waals surface area contributed by atoms with Gasteiger partial charge in [-0.15, -0.1) is 0 Å². The largest absolute Gasteiger partial charge is 0.476 e. The zero-order valence-electron chi connectivity index (χ0n) is 10.1. The fraction of sp³-hybridized carbons (Fsp3) is 0.636. The van der Waals surface area contributed by atoms with Crippen LogP contribution in [0.3, 0.4) is 0 Å². The molecule has 1 unspecified atom stereocenters. The highest BCUT2D eigenvalue weighted by Crippen LogP contribution is 2.10. The van der Waals surface area contributed by atoms with Crippen LogP contribution in [0.25, 0.3) is 0 Å². The molecule has 0 aromatic carbocycles. The third-order valence-corrected chi connectivity index (χ3v) is 2.37. The number of carbonyl (C=O) groups is 1. The van der Waals surface area contributed by atoms with E-state index in [1.165, 1.54) is 6.07 Å². The smallest absolute Gasteiger partial charge is 0.358 e. The van der Waals surface area contributed by atoms with E-state index < -0.39 is 11.6 Å². The van der Waals surface area contributed by atoms with Crippen LogP contribution >= 0.6 is 0 Å². The average Bonchev–Trinajstić information content (AvgIpc) is 2.66. The first-order valence-electron chi connectivity index (χ1n) is 5.56. The van der Waals surface area contributed by atoms with Crippen molar-refractivity contribution in [3.8, 4) is 0 Å². The van der Waals surface area contributed by atoms with Crippen molar-refractivity contribution in [2.75, 3.05) is 6.54 Å². The minimum absolute atomic E-state index is 0.109. The van der Waals surface area contributed by atoms with E-state index in [9.17, 15) is 9.90 Å². The number of carboxylic acids is 1. The van der Waals surface area contributed by atoms with Gasteiger partial charge in [0.25, 0.3) is 0 Å². The normalized spacial score (nSPS) is 14.5. The molecular weight excluding hydrogens is 224 g/mol. The van der Waals surface area contributed by atoms with Gasteiger partial charge in [0.15, 0.2) is 11.5 Å². The van der Waals surface area contributed by atoms with Crippen molar-refractivity contribution in [2.24, 2.45) is 0 Å². The van der Waals surface area contributed by atoms with Crippen molar-refractivity contribution in [2.45, 2.75) is 38.8 Å². The molecule has 1 atom stereocenters. The summed E-state index contributed by atoms with van der Waals surface area (Å²) in [6.45, 7) is 4.53. The Balaban J connectivity index is 2.38. The third-order valence-electron chi connectivity index (χ3n) is 2.37. The predicted molar refractivity (Wildman–Crippen MR) is 60.7 cm³/mol. The van der Waals surface area contributed by atoms with Crippen LogP contribution in [0.15, 0.2) is 10.6 Å². The molecule has 1 aromatic rings. The van der Waals surface area contributed by atoms with Crippen LogP contribution in [0.4, 0.5) is 0 Å². The van der Waals surface area contributed by atoms with E-state index in [0.29, 0.717) is 25.3 Å². The fourth-order valence-corrected chi connectivity index (χ4v) is 1.58. The molecule has 0 saturated carbocycles. The Bertz CT molecular complexity index is 373. The Morgan fingerprint density at radius 3 is 2.88 bits per heavy atom. The summed E-state index contributed by atoms with van der Waals surface area (Å²) in [5.41, 5.74) is -0.869. The van der Waals surface area contributed by atoms with Crippen molar-refractivity contribution in [3.05, 3.63) is 17.5 Å². The van der Waals surface area contributed by atoms with Gasteiger partial charge in [-0.25, -0.2) is 4.79 Å². The molecule has 1 rings (SSSR count). The van der Waals surface area contributed by atoms with Crippen LogP contribution in [-0.2, 0) is 6.54 Å². The second kappa shape index (κ2) is 5.79. The van der Waals surface area contributed by atoms with Crippen molar-refractivity contribution >= 4 is 5.97 Å². The summed E-state index contributed by atoms with van der Waals surface area (Å²) in [4.78, 5) is 10.5. The number of hydrogen-bond donors (Lipinski definition) is 3. The molecule has 0 fully saturated rings. The number of rotatable bonds is 7. The summed E-state index contributed by atoms with van der Waals surface area (Å²) in [5, 5.41) is 24.9. The molecule has 6 heteroatoms. The van der Waals surface area contributed by atoms with Crippen LogP contribution in [0.2, 0.25) is 0 Å². The number of nitrogens with one attached hydrogen (secondary N) is 1. The summed E-state index contributed by atoms with van der Waals surface area (Å²) in [6.07, 6.45) is 1.61. The Morgan fingerprint density at radius 1 is 1.65 bits per heavy atom. The third kappa shape index (κ3) is 4.54. The highest BCUT2D eigenvalue weighted by Gasteiger charge is 2.18. The SMILES string of the molecule is CCCC(C)(O)CNCc1cc(C(=O)O)no1. The van der Waals surface area contributed by atoms with Crippen LogP contribution < -0.4 is 5.32 Å². The Morgan fingerprint density at radius 2 is 2.35 bits per heavy atom. The molecule has 0 radical (unpaired) electrons. The van der Waals surface area contributed by atoms with Gasteiger partial charge >= 0.3 is 5.97 Å². The molecule has 6 nitrogen and oxygen atoms in total. The van der Waals surface area contributed by atoms with Crippen molar-refractivity contribution in [1.29, 1.82) is 0 Å². The first-order chi connectivity index (χ1) is 7.94. The molecule has 0 bridgehead atoms. The van der Waals surface area contributed by atoms with Gasteiger partial charge in [0.05, 0.1) is 12.1 Å². The van der Waals surface area contributed by atoms with Crippen LogP contribution in [-0.4, -0.2) is 33.5 Å². The Labute approximate surface area is 99.6 Å². The van der Waals surface area contributed by atoms with E-state index in [1.807, 2.05) is 6.92 Å². The topological polar surface area (TPSA) is 95.6 Å². The molecular formula is C11H18N2O4. The average molecular weight is 242 g/mol. The molecule has 0 aliphatic carbocycles. The first-order valence-corrected chi connectivity index (χ1v) is 5.56. The zero-order chi connectivity index (χ0) is 12.9. The highest BCUT2D eigenvalue weighted by molar-refractivity contribution is 5.85. The second-order valence-electron chi connectivity index (χ2n) is 4.33. The minimum Gasteiger partial charge on any atom is -0.476 e. The van der Waals surface area contributed by atoms with Crippen molar-refractivity contribution in [3.63, 3.8) is 0 Å². The van der Waals surface area contributed by atoms with Crippen molar-refractivity contribution < 1.29 is 19.5 Å². The maximum atomic E-state index is 10.5. The van der Waals surface area contributed by atoms with E-state index in [0.717, 1.165) is 6.42 Å². The number of hydrogen-bond acceptors (Lipinski definition) is 5. The molecule has 1 aromatic heterocycles. The lowest BCUT2D eigenvalue weighted by molar-refractivity contribution is 0.0492. The van der Waals surface area contributed by atoms with Gasteiger partial charge in [-0.2, -0.15) is 0 Å². The second-order valence-corrected chi connectivity index (χ2v) is 4.33. The number of nitrogens with zero attached hydrogens (tertiary/aromatic N) is 1. The lowest BCUT2D eigenvalue weighted by atomic mass is 10.0. The molecule has 0 aliphatic rings. The lowest BCUT2D eigenvalue weighted by Crippen LogP contribution is -2.37. The summed E-state index contributed by atoms with van der Waals surface area (Å²) < 4.78 is 4.83. The number of aromatic carboxylic acids is 1. The molecule has 96 valence electrons. The number of aromatic nitrogens is 1. The minimum atomic E-state index is -1.11. The summed E-state index contributed by atoms with van der Waals surface area (Å²) >= 11 is 0. The Kier molecular flexibility index (Phi) is 4.65. The van der Waals surface area contributed by atoms with Crippen LogP contribution in [0.5, 0.6) is 0 Å². The zero-order valence-corrected chi connectivity index (χ0v) is 10.1. The van der Waals surface area contributed by atoms with E-state index in [2.05, 4.69) is 10.5 Å². The van der Waals surface area contributed by atoms with Crippen LogP contribution in [0, 0.1) is 0 Å².